The molecule has 0 saturated heterocycles. The lowest BCUT2D eigenvalue weighted by molar-refractivity contribution is -0.120. The van der Waals surface area contributed by atoms with E-state index in [0.29, 0.717) is 12.1 Å². The second-order valence-corrected chi connectivity index (χ2v) is 5.94. The third-order valence-electron chi connectivity index (χ3n) is 3.82. The lowest BCUT2D eigenvalue weighted by Gasteiger charge is -2.26. The summed E-state index contributed by atoms with van der Waals surface area (Å²) in [6, 6.07) is 4.46. The second kappa shape index (κ2) is 7.79. The molecule has 1 aliphatic carbocycles. The third-order valence-corrected chi connectivity index (χ3v) is 3.82. The van der Waals surface area contributed by atoms with Crippen LogP contribution in [0.15, 0.2) is 18.2 Å². The van der Waals surface area contributed by atoms with Crippen LogP contribution in [0.5, 0.6) is 5.75 Å². The Morgan fingerprint density at radius 1 is 1.50 bits per heavy atom. The van der Waals surface area contributed by atoms with Crippen molar-refractivity contribution in [2.24, 2.45) is 5.73 Å². The Morgan fingerprint density at radius 3 is 2.68 bits per heavy atom. The third kappa shape index (κ3) is 4.58. The first-order valence-corrected chi connectivity index (χ1v) is 7.49. The summed E-state index contributed by atoms with van der Waals surface area (Å²) >= 11 is 0. The smallest absolute Gasteiger partial charge is 0.244 e. The van der Waals surface area contributed by atoms with E-state index >= 15 is 0 Å². The Kier molecular flexibility index (Phi) is 6.63. The Balaban J connectivity index is 0.00000242. The zero-order chi connectivity index (χ0) is 15.5. The quantitative estimate of drug-likeness (QED) is 0.837. The Bertz CT molecular complexity index is 519. The Labute approximate surface area is 137 Å². The van der Waals surface area contributed by atoms with E-state index in [0.717, 1.165) is 25.7 Å². The molecule has 6 heteroatoms. The van der Waals surface area contributed by atoms with Gasteiger partial charge in [0.15, 0.2) is 11.6 Å². The van der Waals surface area contributed by atoms with Crippen LogP contribution in [0.25, 0.3) is 0 Å². The van der Waals surface area contributed by atoms with E-state index in [1.165, 1.54) is 6.07 Å². The number of nitrogens with two attached hydrogens (primary N) is 1. The largest absolute Gasteiger partial charge is 0.487 e. The summed E-state index contributed by atoms with van der Waals surface area (Å²) < 4.78 is 19.5. The Morgan fingerprint density at radius 2 is 2.18 bits per heavy atom. The molecule has 1 saturated carbocycles. The molecule has 22 heavy (non-hydrogen) atoms. The maximum Gasteiger partial charge on any atom is 0.244 e. The van der Waals surface area contributed by atoms with Crippen LogP contribution in [0.2, 0.25) is 0 Å². The molecule has 0 aromatic heterocycles. The summed E-state index contributed by atoms with van der Waals surface area (Å²) in [5.41, 5.74) is 5.39. The molecule has 124 valence electrons. The zero-order valence-corrected chi connectivity index (χ0v) is 13.8. The first kappa shape index (κ1) is 18.7. The summed E-state index contributed by atoms with van der Waals surface area (Å²) in [6.07, 6.45) is 4.58. The van der Waals surface area contributed by atoms with E-state index in [9.17, 15) is 9.18 Å². The number of hydrogen-bond acceptors (Lipinski definition) is 3. The monoisotopic (exact) mass is 330 g/mol. The fraction of sp³-hybridized carbons (Fsp3) is 0.562. The maximum absolute atomic E-state index is 14.0. The predicted molar refractivity (Wildman–Crippen MR) is 88.0 cm³/mol. The van der Waals surface area contributed by atoms with Crippen molar-refractivity contribution in [1.29, 1.82) is 0 Å². The lowest BCUT2D eigenvalue weighted by atomic mass is 9.96. The molecule has 1 unspecified atom stereocenters. The number of nitrogens with one attached hydrogen (secondary N) is 1. The number of hydrogen-bond donors (Lipinski definition) is 2. The van der Waals surface area contributed by atoms with Crippen LogP contribution in [0, 0.1) is 5.82 Å². The number of anilines is 1. The van der Waals surface area contributed by atoms with Crippen LogP contribution in [-0.4, -0.2) is 17.6 Å². The molecule has 0 radical (unpaired) electrons. The van der Waals surface area contributed by atoms with E-state index in [1.807, 2.05) is 6.92 Å². The minimum Gasteiger partial charge on any atom is -0.487 e. The fourth-order valence-corrected chi connectivity index (χ4v) is 2.25. The number of benzene rings is 1. The average Bonchev–Trinajstić information content (AvgIpc) is 2.35. The Hall–Kier alpha value is -1.33. The van der Waals surface area contributed by atoms with E-state index in [-0.39, 0.29) is 30.2 Å². The van der Waals surface area contributed by atoms with Gasteiger partial charge in [0.25, 0.3) is 0 Å². The fourth-order valence-electron chi connectivity index (χ4n) is 2.25. The van der Waals surface area contributed by atoms with Crippen molar-refractivity contribution in [3.63, 3.8) is 0 Å². The van der Waals surface area contributed by atoms with Gasteiger partial charge in [-0.2, -0.15) is 0 Å². The normalized spacial score (nSPS) is 16.9. The molecule has 0 heterocycles. The van der Waals surface area contributed by atoms with Crippen LogP contribution in [-0.2, 0) is 4.79 Å². The van der Waals surface area contributed by atoms with Gasteiger partial charge in [-0.25, -0.2) is 4.39 Å². The topological polar surface area (TPSA) is 64.4 Å². The molecular weight excluding hydrogens is 307 g/mol. The van der Waals surface area contributed by atoms with Gasteiger partial charge in [0.05, 0.1) is 11.6 Å². The van der Waals surface area contributed by atoms with Gasteiger partial charge in [-0.15, -0.1) is 12.4 Å². The molecule has 1 aromatic rings. The highest BCUT2D eigenvalue weighted by Crippen LogP contribution is 2.28. The van der Waals surface area contributed by atoms with Crippen LogP contribution < -0.4 is 15.8 Å². The summed E-state index contributed by atoms with van der Waals surface area (Å²) in [6.45, 7) is 3.64. The molecule has 1 atom stereocenters. The van der Waals surface area contributed by atoms with Crippen LogP contribution >= 0.6 is 12.4 Å². The highest BCUT2D eigenvalue weighted by Gasteiger charge is 2.27. The van der Waals surface area contributed by atoms with Gasteiger partial charge in [-0.3, -0.25) is 4.79 Å². The van der Waals surface area contributed by atoms with Crippen LogP contribution in [0.1, 0.15) is 46.0 Å². The second-order valence-electron chi connectivity index (χ2n) is 5.94. The van der Waals surface area contributed by atoms with Gasteiger partial charge in [0.1, 0.15) is 0 Å². The molecule has 1 amide bonds. The van der Waals surface area contributed by atoms with Crippen molar-refractivity contribution in [1.82, 2.24) is 0 Å². The van der Waals surface area contributed by atoms with Crippen molar-refractivity contribution >= 4 is 24.0 Å². The lowest BCUT2D eigenvalue weighted by Crippen LogP contribution is -2.48. The maximum atomic E-state index is 14.0. The number of rotatable bonds is 6. The molecular formula is C16H24ClFN2O2. The number of ether oxygens (including phenoxy) is 1. The van der Waals surface area contributed by atoms with Gasteiger partial charge < -0.3 is 15.8 Å². The summed E-state index contributed by atoms with van der Waals surface area (Å²) in [4.78, 5) is 12.1. The number of halogens is 2. The molecule has 1 aromatic carbocycles. The van der Waals surface area contributed by atoms with Crippen molar-refractivity contribution < 1.29 is 13.9 Å². The minimum absolute atomic E-state index is 0. The van der Waals surface area contributed by atoms with Crippen molar-refractivity contribution in [3.05, 3.63) is 24.0 Å². The summed E-state index contributed by atoms with van der Waals surface area (Å²) in [5, 5.41) is 2.66. The number of amides is 1. The van der Waals surface area contributed by atoms with E-state index in [4.69, 9.17) is 10.5 Å². The van der Waals surface area contributed by atoms with Gasteiger partial charge in [-0.1, -0.05) is 13.3 Å². The standard InChI is InChI=1S/C16H23FN2O2.ClH/c1-3-9-16(2,18)15(20)19-11-7-8-14(13(17)10-11)21-12-5-4-6-12;/h7-8,10,12H,3-6,9,18H2,1-2H3,(H,19,20);1H. The van der Waals surface area contributed by atoms with Crippen LogP contribution in [0.4, 0.5) is 10.1 Å². The average molecular weight is 331 g/mol. The van der Waals surface area contributed by atoms with Gasteiger partial charge in [0.2, 0.25) is 5.91 Å². The van der Waals surface area contributed by atoms with Gasteiger partial charge in [-0.05, 0) is 44.7 Å². The molecule has 0 spiro atoms. The molecule has 1 fully saturated rings. The molecule has 0 bridgehead atoms. The van der Waals surface area contributed by atoms with E-state index < -0.39 is 11.4 Å². The predicted octanol–water partition coefficient (Wildman–Crippen LogP) is 3.63. The highest BCUT2D eigenvalue weighted by atomic mass is 35.5. The summed E-state index contributed by atoms with van der Waals surface area (Å²) in [5.74, 6) is -0.535. The van der Waals surface area contributed by atoms with E-state index in [1.54, 1.807) is 19.1 Å². The van der Waals surface area contributed by atoms with E-state index in [2.05, 4.69) is 5.32 Å². The molecule has 4 nitrogen and oxygen atoms in total. The zero-order valence-electron chi connectivity index (χ0n) is 13.0. The molecule has 0 aliphatic heterocycles. The first-order valence-electron chi connectivity index (χ1n) is 7.49. The number of carbonyl (C=O) groups excluding carboxylic acids is 1. The molecule has 3 N–H and O–H groups in total. The first-order chi connectivity index (χ1) is 9.92. The van der Waals surface area contributed by atoms with Crippen LogP contribution in [0.3, 0.4) is 0 Å². The van der Waals surface area contributed by atoms with Crippen molar-refractivity contribution in [2.45, 2.75) is 57.6 Å². The van der Waals surface area contributed by atoms with Gasteiger partial charge in [0, 0.05) is 11.8 Å². The van der Waals surface area contributed by atoms with Gasteiger partial charge >= 0.3 is 0 Å². The van der Waals surface area contributed by atoms with Crippen molar-refractivity contribution in [3.8, 4) is 5.75 Å². The van der Waals surface area contributed by atoms with Crippen molar-refractivity contribution in [2.75, 3.05) is 5.32 Å². The number of carbonyl (C=O) groups is 1. The molecule has 1 aliphatic rings. The highest BCUT2D eigenvalue weighted by molar-refractivity contribution is 5.97. The minimum atomic E-state index is -0.952. The molecule has 2 rings (SSSR count). The SMILES string of the molecule is CCCC(C)(N)C(=O)Nc1ccc(OC2CCC2)c(F)c1.Cl. The summed E-state index contributed by atoms with van der Waals surface area (Å²) in [7, 11) is 0.